The molecule has 5 rings (SSSR count). The average molecular weight is 445 g/mol. The Balaban J connectivity index is 0.000000346. The smallest absolute Gasteiger partial charge is 0.269 e. The van der Waals surface area contributed by atoms with E-state index in [0.29, 0.717) is 11.3 Å². The van der Waals surface area contributed by atoms with Crippen molar-refractivity contribution in [1.82, 2.24) is 10.5 Å². The largest absolute Gasteiger partial charge is 0.331 e. The number of rotatable bonds is 5. The summed E-state index contributed by atoms with van der Waals surface area (Å²) in [6.45, 7) is 2.00. The number of hydrogen-bond donors (Lipinski definition) is 2. The fraction of sp³-hybridized carbons (Fsp3) is 0.0833. The summed E-state index contributed by atoms with van der Waals surface area (Å²) in [5, 5.41) is 17.9. The molecule has 2 aromatic carbocycles. The van der Waals surface area contributed by atoms with Crippen molar-refractivity contribution in [3.63, 3.8) is 0 Å². The van der Waals surface area contributed by atoms with Gasteiger partial charge in [-0.05, 0) is 53.3 Å². The number of benzene rings is 3. The second kappa shape index (κ2) is 9.51. The van der Waals surface area contributed by atoms with Gasteiger partial charge in [0.25, 0.3) is 5.69 Å². The summed E-state index contributed by atoms with van der Waals surface area (Å²) in [6, 6.07) is 24.7. The van der Waals surface area contributed by atoms with E-state index in [0.717, 1.165) is 16.6 Å². The Hall–Kier alpha value is -3.88. The molecule has 0 atom stereocenters. The molecule has 0 aliphatic heterocycles. The van der Waals surface area contributed by atoms with E-state index in [1.807, 2.05) is 36.4 Å². The molecule has 0 saturated heterocycles. The van der Waals surface area contributed by atoms with E-state index in [2.05, 4.69) is 40.0 Å². The number of anilines is 1. The van der Waals surface area contributed by atoms with E-state index < -0.39 is 4.92 Å². The lowest BCUT2D eigenvalue weighted by Gasteiger charge is -2.12. The molecular weight excluding hydrogens is 424 g/mol. The molecule has 2 N–H and O–H groups in total. The topological polar surface area (TPSA) is 89.3 Å². The number of nitro groups is 1. The highest BCUT2D eigenvalue weighted by atomic mass is 32.1. The van der Waals surface area contributed by atoms with Crippen LogP contribution in [0.15, 0.2) is 78.9 Å². The van der Waals surface area contributed by atoms with E-state index in [1.54, 1.807) is 13.0 Å². The Morgan fingerprint density at radius 2 is 1.75 bits per heavy atom. The Morgan fingerprint density at radius 1 is 1.03 bits per heavy atom. The number of nitrogens with zero attached hydrogens (tertiary/aromatic N) is 2. The molecule has 0 radical (unpaired) electrons. The molecule has 160 valence electrons. The van der Waals surface area contributed by atoms with E-state index >= 15 is 0 Å². The van der Waals surface area contributed by atoms with Crippen LogP contribution in [0.5, 0.6) is 0 Å². The summed E-state index contributed by atoms with van der Waals surface area (Å²) in [5.74, 6) is 0. The molecule has 32 heavy (non-hydrogen) atoms. The number of aromatic nitrogens is 1. The molecule has 0 fully saturated rings. The van der Waals surface area contributed by atoms with Crippen molar-refractivity contribution in [3.05, 3.63) is 111 Å². The first kappa shape index (κ1) is 21.4. The minimum Gasteiger partial charge on any atom is -0.331 e. The number of fused-ring (bicyclic) bond motifs is 1. The van der Waals surface area contributed by atoms with Crippen LogP contribution in [-0.4, -0.2) is 15.0 Å². The van der Waals surface area contributed by atoms with Crippen molar-refractivity contribution < 1.29 is 9.76 Å². The van der Waals surface area contributed by atoms with Gasteiger partial charge in [-0.3, -0.25) is 19.9 Å². The molecule has 1 aromatic heterocycles. The lowest BCUT2D eigenvalue weighted by molar-refractivity contribution is -0.384. The Bertz CT molecular complexity index is 1360. The normalized spacial score (nSPS) is 10.7. The van der Waals surface area contributed by atoms with Crippen LogP contribution in [0.3, 0.4) is 0 Å². The van der Waals surface area contributed by atoms with Crippen LogP contribution in [-0.2, 0) is 11.4 Å². The third kappa shape index (κ3) is 5.05. The van der Waals surface area contributed by atoms with Crippen LogP contribution < -0.4 is 10.8 Å². The number of para-hydroxylation sites is 1. The average Bonchev–Trinajstić information content (AvgIpc) is 2.78. The maximum Gasteiger partial charge on any atom is 0.269 e. The van der Waals surface area contributed by atoms with Gasteiger partial charge in [-0.15, -0.1) is 0 Å². The number of pyridine rings is 1. The Kier molecular flexibility index (Phi) is 6.34. The van der Waals surface area contributed by atoms with Gasteiger partial charge in [0.05, 0.1) is 16.1 Å². The van der Waals surface area contributed by atoms with Crippen LogP contribution in [0.1, 0.15) is 11.3 Å². The SMILES string of the molecule is Cc1cc([N+](=O)[O-])ccc1NC(=S)NOCc1ccc2ccccc2n1.c1cc2ccc1=2. The molecule has 0 bridgehead atoms. The van der Waals surface area contributed by atoms with Crippen molar-refractivity contribution in [2.75, 3.05) is 5.32 Å². The Labute approximate surface area is 189 Å². The minimum absolute atomic E-state index is 0.0329. The summed E-state index contributed by atoms with van der Waals surface area (Å²) in [4.78, 5) is 20.2. The fourth-order valence-electron chi connectivity index (χ4n) is 3.08. The standard InChI is InChI=1S/C18H16N4O3S.C6H4/c1-12-10-15(22(23)24)8-9-16(12)20-18(26)21-25-11-14-7-6-13-4-2-3-5-17(13)19-14;1-2-6-4-3-5(1)6/h2-10H,11H2,1H3,(H2,20,21,26);1-4H. The molecule has 2 aliphatic rings. The first-order valence-electron chi connectivity index (χ1n) is 9.88. The molecule has 3 aromatic rings. The summed E-state index contributed by atoms with van der Waals surface area (Å²) in [5.41, 5.74) is 5.71. The third-order valence-corrected chi connectivity index (χ3v) is 5.11. The van der Waals surface area contributed by atoms with Crippen molar-refractivity contribution in [1.29, 1.82) is 0 Å². The summed E-state index contributed by atoms with van der Waals surface area (Å²) in [6.07, 6.45) is 0. The van der Waals surface area contributed by atoms with Crippen molar-refractivity contribution in [2.45, 2.75) is 13.5 Å². The summed E-state index contributed by atoms with van der Waals surface area (Å²) < 4.78 is 0. The van der Waals surface area contributed by atoms with Gasteiger partial charge in [-0.2, -0.15) is 0 Å². The number of hydrogen-bond acceptors (Lipinski definition) is 5. The molecule has 0 amide bonds. The Morgan fingerprint density at radius 3 is 2.38 bits per heavy atom. The van der Waals surface area contributed by atoms with E-state index in [4.69, 9.17) is 17.1 Å². The van der Waals surface area contributed by atoms with Crippen LogP contribution in [0.4, 0.5) is 11.4 Å². The third-order valence-electron chi connectivity index (χ3n) is 4.93. The van der Waals surface area contributed by atoms with Gasteiger partial charge in [0.15, 0.2) is 5.11 Å². The van der Waals surface area contributed by atoms with E-state index in [-0.39, 0.29) is 17.4 Å². The second-order valence-corrected chi connectivity index (χ2v) is 7.58. The fourth-order valence-corrected chi connectivity index (χ4v) is 3.25. The highest BCUT2D eigenvalue weighted by Crippen LogP contribution is 2.21. The van der Waals surface area contributed by atoms with Gasteiger partial charge in [0, 0.05) is 23.2 Å². The first-order valence-corrected chi connectivity index (χ1v) is 10.3. The predicted molar refractivity (Wildman–Crippen MR) is 128 cm³/mol. The molecule has 7 nitrogen and oxygen atoms in total. The summed E-state index contributed by atoms with van der Waals surface area (Å²) in [7, 11) is 0. The lowest BCUT2D eigenvalue weighted by Crippen LogP contribution is -2.28. The molecule has 0 spiro atoms. The zero-order valence-electron chi connectivity index (χ0n) is 17.2. The monoisotopic (exact) mass is 444 g/mol. The maximum atomic E-state index is 10.8. The first-order chi connectivity index (χ1) is 15.5. The van der Waals surface area contributed by atoms with Gasteiger partial charge in [0.2, 0.25) is 0 Å². The quantitative estimate of drug-likeness (QED) is 0.220. The molecule has 1 heterocycles. The van der Waals surface area contributed by atoms with Gasteiger partial charge in [0.1, 0.15) is 6.61 Å². The summed E-state index contributed by atoms with van der Waals surface area (Å²) >= 11 is 5.17. The van der Waals surface area contributed by atoms with Gasteiger partial charge < -0.3 is 5.32 Å². The molecular formula is C24H20N4O3S. The van der Waals surface area contributed by atoms with Crippen LogP contribution in [0, 0.1) is 27.5 Å². The van der Waals surface area contributed by atoms with Crippen molar-refractivity contribution in [3.8, 4) is 0 Å². The zero-order chi connectivity index (χ0) is 22.5. The number of aryl methyl sites for hydroxylation is 1. The van der Waals surface area contributed by atoms with Gasteiger partial charge in [-0.1, -0.05) is 48.5 Å². The molecule has 0 saturated carbocycles. The van der Waals surface area contributed by atoms with Gasteiger partial charge >= 0.3 is 0 Å². The highest BCUT2D eigenvalue weighted by Gasteiger charge is 2.09. The van der Waals surface area contributed by atoms with Crippen LogP contribution in [0.2, 0.25) is 0 Å². The number of nitro benzene ring substituents is 1. The van der Waals surface area contributed by atoms with Crippen molar-refractivity contribution in [2.24, 2.45) is 0 Å². The second-order valence-electron chi connectivity index (χ2n) is 7.17. The van der Waals surface area contributed by atoms with E-state index in [9.17, 15) is 10.1 Å². The number of hydroxylamine groups is 1. The molecule has 0 unspecified atom stereocenters. The zero-order valence-corrected chi connectivity index (χ0v) is 18.1. The lowest BCUT2D eigenvalue weighted by atomic mass is 10.1. The highest BCUT2D eigenvalue weighted by molar-refractivity contribution is 7.80. The van der Waals surface area contributed by atoms with Crippen LogP contribution in [0.25, 0.3) is 10.9 Å². The molecule has 8 heteroatoms. The number of thiocarbonyl (C=S) groups is 1. The molecule has 2 aliphatic carbocycles. The van der Waals surface area contributed by atoms with Gasteiger partial charge in [-0.25, -0.2) is 5.48 Å². The number of nitrogens with one attached hydrogen (secondary N) is 2. The predicted octanol–water partition coefficient (Wildman–Crippen LogP) is 5.16. The van der Waals surface area contributed by atoms with Crippen LogP contribution >= 0.6 is 12.2 Å². The maximum absolute atomic E-state index is 10.8. The minimum atomic E-state index is -0.437. The van der Waals surface area contributed by atoms with Crippen molar-refractivity contribution >= 4 is 39.6 Å². The van der Waals surface area contributed by atoms with E-state index in [1.165, 1.54) is 22.6 Å². The number of non-ortho nitro benzene ring substituents is 1.